The number of aryl methyl sites for hydroxylation is 2. The molecule has 1 saturated heterocycles. The monoisotopic (exact) mass is 251 g/mol. The second-order valence-corrected chi connectivity index (χ2v) is 4.81. The van der Waals surface area contributed by atoms with Crippen molar-refractivity contribution in [1.82, 2.24) is 14.7 Å². The van der Waals surface area contributed by atoms with Crippen LogP contribution in [0.1, 0.15) is 29.4 Å². The maximum atomic E-state index is 11.7. The standard InChI is InChI=1S/C12H17N3O3/c1-6-10(7(2)15(4)13-6)11-8(12(17)18)5-9(16)14(11)3/h8,11H,5H2,1-4H3,(H,17,18). The van der Waals surface area contributed by atoms with E-state index in [2.05, 4.69) is 5.10 Å². The number of carboxylic acids is 1. The molecule has 98 valence electrons. The molecule has 1 aliphatic heterocycles. The van der Waals surface area contributed by atoms with Gasteiger partial charge in [-0.2, -0.15) is 5.10 Å². The molecule has 0 saturated carbocycles. The first-order chi connectivity index (χ1) is 8.34. The molecular formula is C12H17N3O3. The van der Waals surface area contributed by atoms with Crippen LogP contribution in [0, 0.1) is 19.8 Å². The summed E-state index contributed by atoms with van der Waals surface area (Å²) in [6.07, 6.45) is 0.0598. The number of aromatic nitrogens is 2. The van der Waals surface area contributed by atoms with Gasteiger partial charge in [-0.05, 0) is 13.8 Å². The van der Waals surface area contributed by atoms with Crippen LogP contribution in [0.3, 0.4) is 0 Å². The number of hydrogen-bond donors (Lipinski definition) is 1. The molecule has 2 rings (SSSR count). The van der Waals surface area contributed by atoms with E-state index in [0.29, 0.717) is 0 Å². The Morgan fingerprint density at radius 1 is 1.39 bits per heavy atom. The normalized spacial score (nSPS) is 23.8. The number of likely N-dealkylation sites (tertiary alicyclic amines) is 1. The summed E-state index contributed by atoms with van der Waals surface area (Å²) in [5, 5.41) is 13.6. The third-order valence-electron chi connectivity index (χ3n) is 3.76. The van der Waals surface area contributed by atoms with E-state index >= 15 is 0 Å². The van der Waals surface area contributed by atoms with Gasteiger partial charge in [-0.15, -0.1) is 0 Å². The summed E-state index contributed by atoms with van der Waals surface area (Å²) in [5.74, 6) is -1.75. The highest BCUT2D eigenvalue weighted by atomic mass is 16.4. The van der Waals surface area contributed by atoms with Crippen molar-refractivity contribution in [2.75, 3.05) is 7.05 Å². The van der Waals surface area contributed by atoms with Gasteiger partial charge in [0, 0.05) is 31.8 Å². The van der Waals surface area contributed by atoms with Crippen LogP contribution in [0.2, 0.25) is 0 Å². The highest BCUT2D eigenvalue weighted by Gasteiger charge is 2.44. The van der Waals surface area contributed by atoms with E-state index in [1.165, 1.54) is 4.90 Å². The smallest absolute Gasteiger partial charge is 0.309 e. The van der Waals surface area contributed by atoms with Crippen molar-refractivity contribution < 1.29 is 14.7 Å². The molecule has 1 fully saturated rings. The lowest BCUT2D eigenvalue weighted by atomic mass is 9.92. The largest absolute Gasteiger partial charge is 0.481 e. The van der Waals surface area contributed by atoms with Gasteiger partial charge < -0.3 is 10.0 Å². The number of aliphatic carboxylic acids is 1. The van der Waals surface area contributed by atoms with Crippen LogP contribution in [-0.4, -0.2) is 38.7 Å². The van der Waals surface area contributed by atoms with Gasteiger partial charge in [-0.25, -0.2) is 0 Å². The molecule has 0 spiro atoms. The molecule has 0 bridgehead atoms. The Morgan fingerprint density at radius 2 is 2.00 bits per heavy atom. The number of carbonyl (C=O) groups is 2. The maximum absolute atomic E-state index is 11.7. The van der Waals surface area contributed by atoms with Gasteiger partial charge >= 0.3 is 5.97 Å². The molecule has 2 heterocycles. The predicted octanol–water partition coefficient (Wildman–Crippen LogP) is 0.641. The van der Waals surface area contributed by atoms with Gasteiger partial charge in [0.05, 0.1) is 17.7 Å². The van der Waals surface area contributed by atoms with Gasteiger partial charge in [-0.3, -0.25) is 14.3 Å². The fraction of sp³-hybridized carbons (Fsp3) is 0.583. The molecule has 1 aromatic rings. The molecule has 1 aliphatic rings. The molecule has 1 N–H and O–H groups in total. The quantitative estimate of drug-likeness (QED) is 0.837. The van der Waals surface area contributed by atoms with E-state index in [1.54, 1.807) is 11.7 Å². The van der Waals surface area contributed by atoms with Crippen molar-refractivity contribution in [2.24, 2.45) is 13.0 Å². The molecule has 2 unspecified atom stereocenters. The minimum atomic E-state index is -0.930. The summed E-state index contributed by atoms with van der Waals surface area (Å²) in [4.78, 5) is 24.6. The molecule has 0 radical (unpaired) electrons. The zero-order valence-electron chi connectivity index (χ0n) is 11.0. The van der Waals surface area contributed by atoms with Gasteiger partial charge in [0.25, 0.3) is 0 Å². The second kappa shape index (κ2) is 4.12. The molecule has 18 heavy (non-hydrogen) atoms. The first kappa shape index (κ1) is 12.6. The number of hydrogen-bond acceptors (Lipinski definition) is 3. The Hall–Kier alpha value is -1.85. The Morgan fingerprint density at radius 3 is 2.44 bits per heavy atom. The lowest BCUT2D eigenvalue weighted by molar-refractivity contribution is -0.142. The van der Waals surface area contributed by atoms with Gasteiger partial charge in [0.2, 0.25) is 5.91 Å². The number of carbonyl (C=O) groups excluding carboxylic acids is 1. The van der Waals surface area contributed by atoms with Crippen molar-refractivity contribution in [3.63, 3.8) is 0 Å². The summed E-state index contributed by atoms with van der Waals surface area (Å²) >= 11 is 0. The second-order valence-electron chi connectivity index (χ2n) is 4.81. The summed E-state index contributed by atoms with van der Waals surface area (Å²) in [6.45, 7) is 3.74. The van der Waals surface area contributed by atoms with Crippen molar-refractivity contribution in [3.8, 4) is 0 Å². The fourth-order valence-electron chi connectivity index (χ4n) is 2.70. The van der Waals surface area contributed by atoms with Gasteiger partial charge in [0.15, 0.2) is 0 Å². The lowest BCUT2D eigenvalue weighted by Gasteiger charge is -2.23. The Labute approximate surface area is 105 Å². The highest BCUT2D eigenvalue weighted by molar-refractivity contribution is 5.87. The molecule has 0 aromatic carbocycles. The van der Waals surface area contributed by atoms with Crippen molar-refractivity contribution in [1.29, 1.82) is 0 Å². The minimum Gasteiger partial charge on any atom is -0.481 e. The highest BCUT2D eigenvalue weighted by Crippen LogP contribution is 2.39. The number of nitrogens with zero attached hydrogens (tertiary/aromatic N) is 3. The van der Waals surface area contributed by atoms with E-state index in [4.69, 9.17) is 0 Å². The minimum absolute atomic E-state index is 0.0598. The molecule has 1 aromatic heterocycles. The number of amides is 1. The van der Waals surface area contributed by atoms with Crippen LogP contribution in [0.5, 0.6) is 0 Å². The summed E-state index contributed by atoms with van der Waals surface area (Å²) in [5.41, 5.74) is 2.55. The number of rotatable bonds is 2. The fourth-order valence-corrected chi connectivity index (χ4v) is 2.70. The summed E-state index contributed by atoms with van der Waals surface area (Å²) in [6, 6.07) is -0.413. The Balaban J connectivity index is 2.53. The molecular weight excluding hydrogens is 234 g/mol. The summed E-state index contributed by atoms with van der Waals surface area (Å²) < 4.78 is 1.72. The first-order valence-electron chi connectivity index (χ1n) is 5.83. The van der Waals surface area contributed by atoms with E-state index < -0.39 is 17.9 Å². The third kappa shape index (κ3) is 1.68. The summed E-state index contributed by atoms with van der Waals surface area (Å²) in [7, 11) is 3.47. The molecule has 2 atom stereocenters. The van der Waals surface area contributed by atoms with Crippen LogP contribution in [0.15, 0.2) is 0 Å². The van der Waals surface area contributed by atoms with E-state index in [9.17, 15) is 14.7 Å². The van der Waals surface area contributed by atoms with Crippen molar-refractivity contribution in [3.05, 3.63) is 17.0 Å². The third-order valence-corrected chi connectivity index (χ3v) is 3.76. The van der Waals surface area contributed by atoms with Crippen LogP contribution < -0.4 is 0 Å². The molecule has 1 amide bonds. The Bertz CT molecular complexity index is 521. The van der Waals surface area contributed by atoms with Crippen LogP contribution >= 0.6 is 0 Å². The molecule has 0 aliphatic carbocycles. The average Bonchev–Trinajstić information content (AvgIpc) is 2.69. The van der Waals surface area contributed by atoms with Gasteiger partial charge in [0.1, 0.15) is 0 Å². The SMILES string of the molecule is Cc1nn(C)c(C)c1C1C(C(=O)O)CC(=O)N1C. The van der Waals surface area contributed by atoms with E-state index in [0.717, 1.165) is 17.0 Å². The van der Waals surface area contributed by atoms with Crippen LogP contribution in [0.25, 0.3) is 0 Å². The maximum Gasteiger partial charge on any atom is 0.309 e. The Kier molecular flexibility index (Phi) is 2.88. The van der Waals surface area contributed by atoms with E-state index in [-0.39, 0.29) is 12.3 Å². The topological polar surface area (TPSA) is 75.4 Å². The molecule has 6 nitrogen and oxygen atoms in total. The average molecular weight is 251 g/mol. The molecule has 6 heteroatoms. The van der Waals surface area contributed by atoms with Gasteiger partial charge in [-0.1, -0.05) is 0 Å². The zero-order valence-corrected chi connectivity index (χ0v) is 11.0. The first-order valence-corrected chi connectivity index (χ1v) is 5.83. The van der Waals surface area contributed by atoms with Crippen LogP contribution in [0.4, 0.5) is 0 Å². The van der Waals surface area contributed by atoms with Crippen LogP contribution in [-0.2, 0) is 16.6 Å². The van der Waals surface area contributed by atoms with Crippen molar-refractivity contribution in [2.45, 2.75) is 26.3 Å². The zero-order chi connectivity index (χ0) is 13.6. The number of carboxylic acid groups (broad SMARTS) is 1. The lowest BCUT2D eigenvalue weighted by Crippen LogP contribution is -2.27. The predicted molar refractivity (Wildman–Crippen MR) is 63.9 cm³/mol. The van der Waals surface area contributed by atoms with E-state index in [1.807, 2.05) is 20.9 Å². The van der Waals surface area contributed by atoms with Crippen molar-refractivity contribution >= 4 is 11.9 Å².